The Morgan fingerprint density at radius 2 is 2.06 bits per heavy atom. The fourth-order valence-electron chi connectivity index (χ4n) is 1.96. The quantitative estimate of drug-likeness (QED) is 0.838. The average Bonchev–Trinajstić information content (AvgIpc) is 2.28. The summed E-state index contributed by atoms with van der Waals surface area (Å²) >= 11 is 0. The Labute approximate surface area is 93.7 Å². The number of hydrogen-bond acceptors (Lipinski definition) is 2. The third kappa shape index (κ3) is 1.65. The second-order valence-electron chi connectivity index (χ2n) is 3.93. The molecule has 1 unspecified atom stereocenters. The lowest BCUT2D eigenvalue weighted by Crippen LogP contribution is -2.10. The van der Waals surface area contributed by atoms with Crippen LogP contribution in [-0.4, -0.2) is 16.1 Å². The largest absolute Gasteiger partial charge is 0.481 e. The molecular weight excluding hydrogens is 202 g/mol. The first-order valence-corrected chi connectivity index (χ1v) is 5.18. The van der Waals surface area contributed by atoms with Crippen LogP contribution in [0.4, 0.5) is 0 Å². The minimum atomic E-state index is -0.806. The molecule has 0 radical (unpaired) electrons. The third-order valence-corrected chi connectivity index (χ3v) is 2.82. The van der Waals surface area contributed by atoms with Gasteiger partial charge in [0.1, 0.15) is 0 Å². The van der Waals surface area contributed by atoms with Crippen molar-refractivity contribution in [1.29, 1.82) is 0 Å². The Bertz CT molecular complexity index is 549. The van der Waals surface area contributed by atoms with Crippen LogP contribution in [0, 0.1) is 6.92 Å². The monoisotopic (exact) mass is 215 g/mol. The molecule has 1 heterocycles. The highest BCUT2D eigenvalue weighted by Gasteiger charge is 2.18. The second-order valence-corrected chi connectivity index (χ2v) is 3.93. The molecule has 0 saturated carbocycles. The highest BCUT2D eigenvalue weighted by Crippen LogP contribution is 2.27. The van der Waals surface area contributed by atoms with E-state index in [1.165, 1.54) is 0 Å². The van der Waals surface area contributed by atoms with Crippen molar-refractivity contribution in [3.63, 3.8) is 0 Å². The molecule has 1 atom stereocenters. The van der Waals surface area contributed by atoms with Crippen molar-refractivity contribution in [3.8, 4) is 0 Å². The minimum absolute atomic E-state index is 0.507. The number of nitrogens with zero attached hydrogens (tertiary/aromatic N) is 1. The molecule has 2 aromatic rings. The lowest BCUT2D eigenvalue weighted by Gasteiger charge is -2.13. The van der Waals surface area contributed by atoms with Gasteiger partial charge in [0.25, 0.3) is 0 Å². The molecule has 3 heteroatoms. The smallest absolute Gasteiger partial charge is 0.310 e. The standard InChI is InChI=1S/C13H13NO2/c1-8-7-14-11-6-4-3-5-10(11)12(8)9(2)13(15)16/h3-7,9H,1-2H3,(H,15,16). The van der Waals surface area contributed by atoms with Crippen molar-refractivity contribution in [2.24, 2.45) is 0 Å². The Kier molecular flexibility index (Phi) is 2.60. The van der Waals surface area contributed by atoms with E-state index >= 15 is 0 Å². The van der Waals surface area contributed by atoms with Crippen molar-refractivity contribution in [3.05, 3.63) is 41.6 Å². The van der Waals surface area contributed by atoms with Crippen LogP contribution in [0.1, 0.15) is 24.0 Å². The molecule has 0 fully saturated rings. The molecule has 0 aliphatic carbocycles. The van der Waals surface area contributed by atoms with E-state index in [1.54, 1.807) is 13.1 Å². The molecule has 0 amide bonds. The molecule has 1 aromatic carbocycles. The van der Waals surface area contributed by atoms with Gasteiger partial charge < -0.3 is 5.11 Å². The average molecular weight is 215 g/mol. The first-order chi connectivity index (χ1) is 7.61. The second kappa shape index (κ2) is 3.93. The summed E-state index contributed by atoms with van der Waals surface area (Å²) < 4.78 is 0. The molecule has 0 bridgehead atoms. The van der Waals surface area contributed by atoms with Gasteiger partial charge in [-0.05, 0) is 31.0 Å². The van der Waals surface area contributed by atoms with E-state index < -0.39 is 11.9 Å². The number of carboxylic acid groups (broad SMARTS) is 1. The van der Waals surface area contributed by atoms with Gasteiger partial charge in [0.15, 0.2) is 0 Å². The van der Waals surface area contributed by atoms with Crippen LogP contribution in [-0.2, 0) is 4.79 Å². The molecule has 16 heavy (non-hydrogen) atoms. The molecule has 0 spiro atoms. The number of rotatable bonds is 2. The molecule has 0 aliphatic rings. The SMILES string of the molecule is Cc1cnc2ccccc2c1C(C)C(=O)O. The van der Waals surface area contributed by atoms with Gasteiger partial charge in [0.05, 0.1) is 11.4 Å². The predicted molar refractivity (Wildman–Crippen MR) is 62.5 cm³/mol. The van der Waals surface area contributed by atoms with Crippen molar-refractivity contribution in [2.75, 3.05) is 0 Å². The maximum Gasteiger partial charge on any atom is 0.310 e. The summed E-state index contributed by atoms with van der Waals surface area (Å²) in [6.07, 6.45) is 1.73. The summed E-state index contributed by atoms with van der Waals surface area (Å²) in [7, 11) is 0. The van der Waals surface area contributed by atoms with Gasteiger partial charge in [0.2, 0.25) is 0 Å². The summed E-state index contributed by atoms with van der Waals surface area (Å²) in [5.41, 5.74) is 2.63. The van der Waals surface area contributed by atoms with Crippen LogP contribution in [0.15, 0.2) is 30.5 Å². The zero-order valence-corrected chi connectivity index (χ0v) is 9.27. The number of pyridine rings is 1. The molecule has 3 nitrogen and oxygen atoms in total. The van der Waals surface area contributed by atoms with E-state index in [4.69, 9.17) is 5.11 Å². The van der Waals surface area contributed by atoms with E-state index in [9.17, 15) is 4.79 Å². The Hall–Kier alpha value is -1.90. The van der Waals surface area contributed by atoms with Gasteiger partial charge in [-0.2, -0.15) is 0 Å². The van der Waals surface area contributed by atoms with E-state index in [0.717, 1.165) is 22.0 Å². The minimum Gasteiger partial charge on any atom is -0.481 e. The van der Waals surface area contributed by atoms with E-state index in [-0.39, 0.29) is 0 Å². The number of benzene rings is 1. The van der Waals surface area contributed by atoms with Gasteiger partial charge in [-0.1, -0.05) is 18.2 Å². The summed E-state index contributed by atoms with van der Waals surface area (Å²) in [5, 5.41) is 10.0. The number of aryl methyl sites for hydroxylation is 1. The summed E-state index contributed by atoms with van der Waals surface area (Å²) in [5.74, 6) is -1.31. The van der Waals surface area contributed by atoms with Crippen LogP contribution in [0.5, 0.6) is 0 Å². The molecule has 0 saturated heterocycles. The third-order valence-electron chi connectivity index (χ3n) is 2.82. The molecule has 1 N–H and O–H groups in total. The number of carboxylic acids is 1. The van der Waals surface area contributed by atoms with Crippen molar-refractivity contribution < 1.29 is 9.90 Å². The van der Waals surface area contributed by atoms with Crippen LogP contribution in [0.2, 0.25) is 0 Å². The molecule has 0 aliphatic heterocycles. The maximum atomic E-state index is 11.1. The maximum absolute atomic E-state index is 11.1. The van der Waals surface area contributed by atoms with Crippen molar-refractivity contribution in [2.45, 2.75) is 19.8 Å². The van der Waals surface area contributed by atoms with E-state index in [2.05, 4.69) is 4.98 Å². The van der Waals surface area contributed by atoms with Crippen molar-refractivity contribution >= 4 is 16.9 Å². The fraction of sp³-hybridized carbons (Fsp3) is 0.231. The number of hydrogen-bond donors (Lipinski definition) is 1. The number of fused-ring (bicyclic) bond motifs is 1. The normalized spacial score (nSPS) is 12.6. The zero-order valence-electron chi connectivity index (χ0n) is 9.27. The summed E-state index contributed by atoms with van der Waals surface area (Å²) in [6, 6.07) is 7.62. The molecule has 1 aromatic heterocycles. The number of aliphatic carboxylic acids is 1. The topological polar surface area (TPSA) is 50.2 Å². The van der Waals surface area contributed by atoms with Crippen LogP contribution >= 0.6 is 0 Å². The highest BCUT2D eigenvalue weighted by molar-refractivity contribution is 5.89. The van der Waals surface area contributed by atoms with Crippen LogP contribution in [0.25, 0.3) is 10.9 Å². The first kappa shape index (κ1) is 10.6. The van der Waals surface area contributed by atoms with Crippen LogP contribution < -0.4 is 0 Å². The van der Waals surface area contributed by atoms with Crippen LogP contribution in [0.3, 0.4) is 0 Å². The van der Waals surface area contributed by atoms with Gasteiger partial charge in [-0.3, -0.25) is 9.78 Å². The number of carbonyl (C=O) groups is 1. The molecule has 82 valence electrons. The number of aromatic nitrogens is 1. The Balaban J connectivity index is 2.75. The highest BCUT2D eigenvalue weighted by atomic mass is 16.4. The Morgan fingerprint density at radius 1 is 1.38 bits per heavy atom. The fourth-order valence-corrected chi connectivity index (χ4v) is 1.96. The summed E-state index contributed by atoms with van der Waals surface area (Å²) in [4.78, 5) is 15.4. The predicted octanol–water partition coefficient (Wildman–Crippen LogP) is 2.73. The summed E-state index contributed by atoms with van der Waals surface area (Å²) in [6.45, 7) is 3.60. The van der Waals surface area contributed by atoms with E-state index in [1.807, 2.05) is 31.2 Å². The number of para-hydroxylation sites is 1. The van der Waals surface area contributed by atoms with Gasteiger partial charge in [-0.25, -0.2) is 0 Å². The lowest BCUT2D eigenvalue weighted by atomic mass is 9.93. The van der Waals surface area contributed by atoms with Gasteiger partial charge >= 0.3 is 5.97 Å². The van der Waals surface area contributed by atoms with Crippen molar-refractivity contribution in [1.82, 2.24) is 4.98 Å². The van der Waals surface area contributed by atoms with Gasteiger partial charge in [0, 0.05) is 11.6 Å². The molecule has 2 rings (SSSR count). The Morgan fingerprint density at radius 3 is 2.75 bits per heavy atom. The zero-order chi connectivity index (χ0) is 11.7. The first-order valence-electron chi connectivity index (χ1n) is 5.18. The molecular formula is C13H13NO2. The van der Waals surface area contributed by atoms with E-state index in [0.29, 0.717) is 0 Å². The van der Waals surface area contributed by atoms with Gasteiger partial charge in [-0.15, -0.1) is 0 Å². The lowest BCUT2D eigenvalue weighted by molar-refractivity contribution is -0.138.